The van der Waals surface area contributed by atoms with E-state index in [0.717, 1.165) is 10.5 Å². The molecule has 3 rings (SSSR count). The Morgan fingerprint density at radius 3 is 2.87 bits per heavy atom. The van der Waals surface area contributed by atoms with Crippen molar-refractivity contribution < 1.29 is 23.8 Å². The zero-order valence-corrected chi connectivity index (χ0v) is 21.0. The number of carbonyl (C=O) groups is 1. The molecule has 1 saturated carbocycles. The number of carbonyl (C=O) groups excluding carboxylic acids is 1. The average Bonchev–Trinajstić information content (AvgIpc) is 3.38. The summed E-state index contributed by atoms with van der Waals surface area (Å²) >= 11 is 4.62. The molecule has 1 aliphatic carbocycles. The minimum Gasteiger partial charge on any atom is -0.395 e. The second-order valence-corrected chi connectivity index (χ2v) is 17.1. The number of aliphatic imine (C=N–C) groups is 1. The van der Waals surface area contributed by atoms with E-state index >= 15 is 0 Å². The first kappa shape index (κ1) is 23.7. The molecule has 0 bridgehead atoms. The number of fused-ring (bicyclic) bond motifs is 1. The van der Waals surface area contributed by atoms with Crippen molar-refractivity contribution in [2.45, 2.75) is 49.3 Å². The molecule has 1 aromatic carbocycles. The van der Waals surface area contributed by atoms with Crippen LogP contribution in [0.3, 0.4) is 0 Å². The van der Waals surface area contributed by atoms with E-state index in [1.54, 1.807) is 12.1 Å². The standard InChI is InChI=1S/C20H28BrFN2O4SSi/c1-19(14-9-13(21)5-6-15(14)22)16-10-20(16,11-25)29-18(24-19)28-17(26)23-12-27-7-8-30(2,3)4/h5-6,9,16,25H,7-8,10-12H2,1-4H3,(H,23,26)/t16-,19+,20+/m0/s1. The molecule has 1 fully saturated rings. The molecule has 1 aliphatic heterocycles. The van der Waals surface area contributed by atoms with Gasteiger partial charge < -0.3 is 14.6 Å². The fourth-order valence-corrected chi connectivity index (χ4v) is 6.14. The van der Waals surface area contributed by atoms with Gasteiger partial charge in [-0.05, 0) is 37.6 Å². The van der Waals surface area contributed by atoms with Gasteiger partial charge in [0.15, 0.2) is 0 Å². The molecule has 0 spiro atoms. The van der Waals surface area contributed by atoms with Crippen LogP contribution in [0, 0.1) is 11.7 Å². The highest BCUT2D eigenvalue weighted by atomic mass is 79.9. The normalized spacial score (nSPS) is 27.8. The van der Waals surface area contributed by atoms with Gasteiger partial charge in [0.2, 0.25) is 0 Å². The van der Waals surface area contributed by atoms with Gasteiger partial charge in [0.25, 0.3) is 5.23 Å². The van der Waals surface area contributed by atoms with E-state index in [4.69, 9.17) is 9.47 Å². The van der Waals surface area contributed by atoms with Gasteiger partial charge in [-0.15, -0.1) is 0 Å². The Morgan fingerprint density at radius 1 is 1.47 bits per heavy atom. The van der Waals surface area contributed by atoms with E-state index in [-0.39, 0.29) is 30.3 Å². The van der Waals surface area contributed by atoms with Gasteiger partial charge in [0.1, 0.15) is 12.5 Å². The lowest BCUT2D eigenvalue weighted by atomic mass is 9.86. The third-order valence-corrected chi connectivity index (χ3v) is 9.09. The SMILES string of the molecule is C[C@]1(c2cc(Br)ccc2F)N=C(OC(=O)NCOCC[Si](C)(C)C)S[C@@]2(CO)C[C@H]21. The number of amides is 1. The molecule has 0 unspecified atom stereocenters. The Hall–Kier alpha value is -0.943. The van der Waals surface area contributed by atoms with Crippen LogP contribution in [0.25, 0.3) is 0 Å². The zero-order valence-electron chi connectivity index (χ0n) is 17.6. The maximum Gasteiger partial charge on any atom is 0.416 e. The van der Waals surface area contributed by atoms with Crippen LogP contribution in [-0.4, -0.2) is 49.2 Å². The molecule has 6 nitrogen and oxygen atoms in total. The minimum absolute atomic E-state index is 0.0482. The van der Waals surface area contributed by atoms with Crippen LogP contribution in [0.15, 0.2) is 27.7 Å². The summed E-state index contributed by atoms with van der Waals surface area (Å²) in [5, 5.41) is 12.6. The third kappa shape index (κ3) is 5.27. The van der Waals surface area contributed by atoms with Crippen LogP contribution in [0.4, 0.5) is 9.18 Å². The van der Waals surface area contributed by atoms with E-state index in [1.807, 2.05) is 6.92 Å². The van der Waals surface area contributed by atoms with Gasteiger partial charge in [-0.25, -0.2) is 14.2 Å². The number of nitrogens with one attached hydrogen (secondary N) is 1. The van der Waals surface area contributed by atoms with Gasteiger partial charge in [0, 0.05) is 30.6 Å². The molecule has 10 heteroatoms. The van der Waals surface area contributed by atoms with Gasteiger partial charge in [-0.1, -0.05) is 47.3 Å². The first-order valence-electron chi connectivity index (χ1n) is 9.88. The predicted octanol–water partition coefficient (Wildman–Crippen LogP) is 4.70. The Bertz CT molecular complexity index is 853. The smallest absolute Gasteiger partial charge is 0.395 e. The number of thioether (sulfide) groups is 1. The number of ether oxygens (including phenoxy) is 2. The largest absolute Gasteiger partial charge is 0.416 e. The van der Waals surface area contributed by atoms with Gasteiger partial charge >= 0.3 is 6.09 Å². The van der Waals surface area contributed by atoms with Crippen molar-refractivity contribution in [3.63, 3.8) is 0 Å². The Balaban J connectivity index is 1.69. The molecule has 3 atom stereocenters. The first-order chi connectivity index (χ1) is 14.0. The molecule has 2 aliphatic rings. The summed E-state index contributed by atoms with van der Waals surface area (Å²) in [4.78, 5) is 16.8. The zero-order chi connectivity index (χ0) is 22.2. The second kappa shape index (κ2) is 8.89. The van der Waals surface area contributed by atoms with Crippen molar-refractivity contribution in [1.82, 2.24) is 5.32 Å². The molecular formula is C20H28BrFN2O4SSi. The van der Waals surface area contributed by atoms with Crippen molar-refractivity contribution in [3.8, 4) is 0 Å². The topological polar surface area (TPSA) is 80.2 Å². The number of alkyl carbamates (subject to hydrolysis) is 1. The Kier molecular flexibility index (Phi) is 7.03. The average molecular weight is 520 g/mol. The Labute approximate surface area is 190 Å². The molecule has 1 amide bonds. The third-order valence-electron chi connectivity index (χ3n) is 5.55. The maximum atomic E-state index is 14.6. The number of aliphatic hydroxyl groups is 1. The minimum atomic E-state index is -1.19. The van der Waals surface area contributed by atoms with Gasteiger partial charge in [-0.3, -0.25) is 5.32 Å². The lowest BCUT2D eigenvalue weighted by Crippen LogP contribution is -2.38. The maximum absolute atomic E-state index is 14.6. The highest BCUT2D eigenvalue weighted by Crippen LogP contribution is 2.66. The van der Waals surface area contributed by atoms with Crippen LogP contribution < -0.4 is 5.32 Å². The second-order valence-electron chi connectivity index (χ2n) is 9.16. The molecule has 0 aromatic heterocycles. The van der Waals surface area contributed by atoms with Crippen LogP contribution in [0.2, 0.25) is 25.7 Å². The van der Waals surface area contributed by atoms with Crippen molar-refractivity contribution in [2.24, 2.45) is 10.9 Å². The quantitative estimate of drug-likeness (QED) is 0.310. The van der Waals surface area contributed by atoms with Crippen LogP contribution in [0.1, 0.15) is 18.9 Å². The summed E-state index contributed by atoms with van der Waals surface area (Å²) in [7, 11) is -1.19. The van der Waals surface area contributed by atoms with Crippen LogP contribution >= 0.6 is 27.7 Å². The van der Waals surface area contributed by atoms with Crippen LogP contribution in [0.5, 0.6) is 0 Å². The molecular weight excluding hydrogens is 491 g/mol. The van der Waals surface area contributed by atoms with Crippen molar-refractivity contribution in [1.29, 1.82) is 0 Å². The number of benzene rings is 1. The van der Waals surface area contributed by atoms with E-state index in [1.165, 1.54) is 17.8 Å². The summed E-state index contributed by atoms with van der Waals surface area (Å²) in [5.41, 5.74) is -0.528. The first-order valence-corrected chi connectivity index (χ1v) is 15.2. The summed E-state index contributed by atoms with van der Waals surface area (Å²) < 4.78 is 25.7. The molecule has 166 valence electrons. The number of nitrogens with zero attached hydrogens (tertiary/aromatic N) is 1. The molecule has 1 aromatic rings. The molecule has 1 heterocycles. The summed E-state index contributed by atoms with van der Waals surface area (Å²) in [6, 6.07) is 5.71. The van der Waals surface area contributed by atoms with E-state index in [2.05, 4.69) is 45.9 Å². The lowest BCUT2D eigenvalue weighted by Gasteiger charge is -2.33. The number of hydrogen-bond donors (Lipinski definition) is 2. The van der Waals surface area contributed by atoms with E-state index in [9.17, 15) is 14.3 Å². The van der Waals surface area contributed by atoms with Gasteiger partial charge in [0.05, 0.1) is 16.9 Å². The highest BCUT2D eigenvalue weighted by molar-refractivity contribution is 9.10. The molecule has 0 radical (unpaired) electrons. The van der Waals surface area contributed by atoms with Gasteiger partial charge in [-0.2, -0.15) is 0 Å². The van der Waals surface area contributed by atoms with Crippen molar-refractivity contribution in [2.75, 3.05) is 19.9 Å². The van der Waals surface area contributed by atoms with Crippen LogP contribution in [-0.2, 0) is 15.0 Å². The number of aliphatic hydroxyl groups excluding tert-OH is 1. The Morgan fingerprint density at radius 2 is 2.20 bits per heavy atom. The lowest BCUT2D eigenvalue weighted by molar-refractivity contribution is 0.120. The molecule has 30 heavy (non-hydrogen) atoms. The fourth-order valence-electron chi connectivity index (χ4n) is 3.63. The fraction of sp³-hybridized carbons (Fsp3) is 0.600. The van der Waals surface area contributed by atoms with E-state index in [0.29, 0.717) is 18.6 Å². The number of rotatable bonds is 7. The highest BCUT2D eigenvalue weighted by Gasteiger charge is 2.67. The summed E-state index contributed by atoms with van der Waals surface area (Å²) in [5.74, 6) is -0.432. The number of hydrogen-bond acceptors (Lipinski definition) is 6. The predicted molar refractivity (Wildman–Crippen MR) is 123 cm³/mol. The number of halogens is 2. The monoisotopic (exact) mass is 518 g/mol. The van der Waals surface area contributed by atoms with E-state index < -0.39 is 24.5 Å². The van der Waals surface area contributed by atoms with Crippen molar-refractivity contribution in [3.05, 3.63) is 34.1 Å². The molecule has 2 N–H and O–H groups in total. The molecule has 0 saturated heterocycles. The van der Waals surface area contributed by atoms with Crippen molar-refractivity contribution >= 4 is 47.1 Å². The summed E-state index contributed by atoms with van der Waals surface area (Å²) in [6.07, 6.45) is -0.0208. The summed E-state index contributed by atoms with van der Waals surface area (Å²) in [6.45, 7) is 9.11.